The molecule has 0 aliphatic carbocycles. The molecule has 0 amide bonds. The van der Waals surface area contributed by atoms with Gasteiger partial charge in [0, 0.05) is 19.4 Å². The van der Waals surface area contributed by atoms with Gasteiger partial charge in [0.05, 0.1) is 0 Å². The van der Waals surface area contributed by atoms with E-state index in [-0.39, 0.29) is 0 Å². The molecule has 1 unspecified atom stereocenters. The van der Waals surface area contributed by atoms with Gasteiger partial charge in [0.25, 0.3) is 5.78 Å². The molecular formula is C6H7NO3. The van der Waals surface area contributed by atoms with Gasteiger partial charge in [0.15, 0.2) is 6.23 Å². The number of carbonyl (C=O) groups excluding carboxylic acids is 2. The topological polar surface area (TPSA) is 55.4 Å². The van der Waals surface area contributed by atoms with Crippen molar-refractivity contribution in [2.75, 3.05) is 7.11 Å². The van der Waals surface area contributed by atoms with Crippen LogP contribution in [0.5, 0.6) is 0 Å². The van der Waals surface area contributed by atoms with Crippen molar-refractivity contribution in [2.24, 2.45) is 0 Å². The van der Waals surface area contributed by atoms with Crippen LogP contribution in [0.4, 0.5) is 0 Å². The van der Waals surface area contributed by atoms with Crippen molar-refractivity contribution in [1.29, 1.82) is 0 Å². The highest BCUT2D eigenvalue weighted by molar-refractivity contribution is 6.43. The van der Waals surface area contributed by atoms with Crippen molar-refractivity contribution < 1.29 is 14.3 Å². The summed E-state index contributed by atoms with van der Waals surface area (Å²) < 4.78 is 4.64. The SMILES string of the molecule is COC1NC=CC(=O)C1=O. The summed E-state index contributed by atoms with van der Waals surface area (Å²) in [6, 6.07) is 0. The summed E-state index contributed by atoms with van der Waals surface area (Å²) in [5, 5.41) is 2.58. The lowest BCUT2D eigenvalue weighted by Crippen LogP contribution is -2.42. The molecular weight excluding hydrogens is 134 g/mol. The van der Waals surface area contributed by atoms with Crippen molar-refractivity contribution in [2.45, 2.75) is 6.23 Å². The van der Waals surface area contributed by atoms with Crippen LogP contribution in [0.25, 0.3) is 0 Å². The molecule has 1 heterocycles. The summed E-state index contributed by atoms with van der Waals surface area (Å²) >= 11 is 0. The number of hydrogen-bond acceptors (Lipinski definition) is 4. The zero-order chi connectivity index (χ0) is 7.56. The first-order chi connectivity index (χ1) is 4.75. The molecule has 0 aromatic rings. The van der Waals surface area contributed by atoms with Crippen molar-refractivity contribution in [1.82, 2.24) is 5.32 Å². The van der Waals surface area contributed by atoms with Gasteiger partial charge in [-0.05, 0) is 0 Å². The third kappa shape index (κ3) is 1.06. The lowest BCUT2D eigenvalue weighted by Gasteiger charge is -2.15. The minimum Gasteiger partial charge on any atom is -0.360 e. The van der Waals surface area contributed by atoms with E-state index in [9.17, 15) is 9.59 Å². The fourth-order valence-corrected chi connectivity index (χ4v) is 0.673. The molecule has 0 saturated heterocycles. The largest absolute Gasteiger partial charge is 0.360 e. The molecule has 0 fully saturated rings. The number of ether oxygens (including phenoxy) is 1. The summed E-state index contributed by atoms with van der Waals surface area (Å²) in [4.78, 5) is 21.4. The zero-order valence-corrected chi connectivity index (χ0v) is 5.46. The Labute approximate surface area is 57.9 Å². The number of rotatable bonds is 1. The maximum absolute atomic E-state index is 10.8. The Morgan fingerprint density at radius 1 is 1.60 bits per heavy atom. The van der Waals surface area contributed by atoms with Gasteiger partial charge in [-0.15, -0.1) is 0 Å². The van der Waals surface area contributed by atoms with Crippen LogP contribution < -0.4 is 5.32 Å². The fraction of sp³-hybridized carbons (Fsp3) is 0.333. The molecule has 10 heavy (non-hydrogen) atoms. The van der Waals surface area contributed by atoms with Crippen molar-refractivity contribution in [3.8, 4) is 0 Å². The molecule has 0 spiro atoms. The molecule has 54 valence electrons. The van der Waals surface area contributed by atoms with Crippen LogP contribution in [0.3, 0.4) is 0 Å². The molecule has 0 aromatic carbocycles. The lowest BCUT2D eigenvalue weighted by atomic mass is 10.2. The van der Waals surface area contributed by atoms with Crippen molar-refractivity contribution in [3.05, 3.63) is 12.3 Å². The first kappa shape index (κ1) is 6.95. The molecule has 1 aliphatic rings. The highest BCUT2D eigenvalue weighted by Gasteiger charge is 2.24. The summed E-state index contributed by atoms with van der Waals surface area (Å²) in [6.07, 6.45) is 1.79. The maximum atomic E-state index is 10.8. The first-order valence-corrected chi connectivity index (χ1v) is 2.79. The Bertz CT molecular complexity index is 197. The van der Waals surface area contributed by atoms with E-state index in [2.05, 4.69) is 10.1 Å². The van der Waals surface area contributed by atoms with Crippen molar-refractivity contribution >= 4 is 11.6 Å². The second-order valence-corrected chi connectivity index (χ2v) is 1.84. The average molecular weight is 141 g/mol. The Morgan fingerprint density at radius 2 is 2.30 bits per heavy atom. The Hall–Kier alpha value is -1.16. The Morgan fingerprint density at radius 3 is 2.80 bits per heavy atom. The number of Topliss-reactive ketones (excluding diaryl/α,β-unsaturated/α-hetero) is 1. The second-order valence-electron chi connectivity index (χ2n) is 1.84. The monoisotopic (exact) mass is 141 g/mol. The van der Waals surface area contributed by atoms with E-state index in [1.165, 1.54) is 19.4 Å². The molecule has 1 aliphatic heterocycles. The first-order valence-electron chi connectivity index (χ1n) is 2.79. The van der Waals surface area contributed by atoms with Gasteiger partial charge >= 0.3 is 0 Å². The predicted molar refractivity (Wildman–Crippen MR) is 33.1 cm³/mol. The minimum absolute atomic E-state index is 0.523. The molecule has 1 N–H and O–H groups in total. The van der Waals surface area contributed by atoms with E-state index >= 15 is 0 Å². The smallest absolute Gasteiger partial charge is 0.251 e. The average Bonchev–Trinajstić information content (AvgIpc) is 1.95. The third-order valence-electron chi connectivity index (χ3n) is 1.20. The highest BCUT2D eigenvalue weighted by atomic mass is 16.5. The van der Waals surface area contributed by atoms with E-state index in [0.717, 1.165) is 0 Å². The quantitative estimate of drug-likeness (QED) is 0.486. The molecule has 0 aromatic heterocycles. The molecule has 1 rings (SSSR count). The number of methoxy groups -OCH3 is 1. The summed E-state index contributed by atoms with van der Waals surface area (Å²) in [6.45, 7) is 0. The van der Waals surface area contributed by atoms with Crippen LogP contribution in [-0.4, -0.2) is 24.9 Å². The van der Waals surface area contributed by atoms with Crippen LogP contribution in [0.1, 0.15) is 0 Å². The van der Waals surface area contributed by atoms with Gasteiger partial charge in [-0.3, -0.25) is 9.59 Å². The number of nitrogens with one attached hydrogen (secondary N) is 1. The van der Waals surface area contributed by atoms with E-state index < -0.39 is 17.8 Å². The van der Waals surface area contributed by atoms with Gasteiger partial charge in [-0.1, -0.05) is 0 Å². The van der Waals surface area contributed by atoms with E-state index in [1.54, 1.807) is 0 Å². The lowest BCUT2D eigenvalue weighted by molar-refractivity contribution is -0.141. The van der Waals surface area contributed by atoms with Gasteiger partial charge in [0.2, 0.25) is 5.78 Å². The number of allylic oxidation sites excluding steroid dienone is 1. The Kier molecular flexibility index (Phi) is 1.82. The van der Waals surface area contributed by atoms with Crippen LogP contribution in [-0.2, 0) is 14.3 Å². The molecule has 1 atom stereocenters. The zero-order valence-electron chi connectivity index (χ0n) is 5.46. The maximum Gasteiger partial charge on any atom is 0.251 e. The van der Waals surface area contributed by atoms with Gasteiger partial charge in [-0.25, -0.2) is 0 Å². The second kappa shape index (κ2) is 2.62. The Balaban J connectivity index is 2.74. The van der Waals surface area contributed by atoms with Gasteiger partial charge in [-0.2, -0.15) is 0 Å². The molecule has 0 bridgehead atoms. The van der Waals surface area contributed by atoms with Gasteiger partial charge in [0.1, 0.15) is 0 Å². The number of hydrogen-bond donors (Lipinski definition) is 1. The van der Waals surface area contributed by atoms with E-state index in [0.29, 0.717) is 0 Å². The third-order valence-corrected chi connectivity index (χ3v) is 1.20. The predicted octanol–water partition coefficient (Wildman–Crippen LogP) is -0.786. The molecule has 4 nitrogen and oxygen atoms in total. The molecule has 0 saturated carbocycles. The van der Waals surface area contributed by atoms with Crippen LogP contribution >= 0.6 is 0 Å². The van der Waals surface area contributed by atoms with Gasteiger partial charge < -0.3 is 10.1 Å². The van der Waals surface area contributed by atoms with Crippen molar-refractivity contribution in [3.63, 3.8) is 0 Å². The number of ketones is 2. The van der Waals surface area contributed by atoms with Crippen LogP contribution in [0, 0.1) is 0 Å². The standard InChI is InChI=1S/C6H7NO3/c1-10-6-5(9)4(8)2-3-7-6/h2-3,6-7H,1H3. The minimum atomic E-state index is -0.794. The van der Waals surface area contributed by atoms with E-state index in [4.69, 9.17) is 0 Å². The molecule has 4 heteroatoms. The summed E-state index contributed by atoms with van der Waals surface area (Å²) in [5.41, 5.74) is 0. The van der Waals surface area contributed by atoms with Crippen LogP contribution in [0.2, 0.25) is 0 Å². The summed E-state index contributed by atoms with van der Waals surface area (Å²) in [5.74, 6) is -1.07. The van der Waals surface area contributed by atoms with E-state index in [1.807, 2.05) is 0 Å². The summed E-state index contributed by atoms with van der Waals surface area (Å²) in [7, 11) is 1.36. The normalized spacial score (nSPS) is 24.7. The number of carbonyl (C=O) groups is 2. The van der Waals surface area contributed by atoms with Crippen LogP contribution in [0.15, 0.2) is 12.3 Å². The highest BCUT2D eigenvalue weighted by Crippen LogP contribution is 1.95. The fourth-order valence-electron chi connectivity index (χ4n) is 0.673. The molecule has 0 radical (unpaired) electrons.